The first kappa shape index (κ1) is 18.2. The molecule has 134 valence electrons. The lowest BCUT2D eigenvalue weighted by molar-refractivity contribution is -0.253. The van der Waals surface area contributed by atoms with Gasteiger partial charge in [-0.3, -0.25) is 19.1 Å². The van der Waals surface area contributed by atoms with Crippen molar-refractivity contribution in [1.82, 2.24) is 14.9 Å². The Morgan fingerprint density at radius 2 is 2.00 bits per heavy atom. The fourth-order valence-corrected chi connectivity index (χ4v) is 2.24. The molecule has 2 heterocycles. The highest BCUT2D eigenvalue weighted by Crippen LogP contribution is 2.19. The summed E-state index contributed by atoms with van der Waals surface area (Å²) >= 11 is 0. The molecule has 0 radical (unpaired) electrons. The Bertz CT molecular complexity index is 719. The summed E-state index contributed by atoms with van der Waals surface area (Å²) in [7, 11) is 0. The minimum Gasteiger partial charge on any atom is -0.394 e. The molecule has 24 heavy (non-hydrogen) atoms. The molecule has 0 unspecified atom stereocenters. The van der Waals surface area contributed by atoms with E-state index < -0.39 is 66.8 Å². The van der Waals surface area contributed by atoms with Crippen molar-refractivity contribution in [2.75, 3.05) is 6.61 Å². The van der Waals surface area contributed by atoms with Crippen LogP contribution in [0.5, 0.6) is 0 Å². The van der Waals surface area contributed by atoms with Crippen molar-refractivity contribution in [1.29, 1.82) is 0 Å². The molecule has 1 aromatic rings. The van der Waals surface area contributed by atoms with Crippen molar-refractivity contribution in [3.05, 3.63) is 32.9 Å². The molecule has 1 aromatic heterocycles. The van der Waals surface area contributed by atoms with Crippen LogP contribution in [0.3, 0.4) is 0 Å². The number of aromatic amines is 1. The maximum absolute atomic E-state index is 13.1. The molecule has 1 aliphatic heterocycles. The second-order valence-electron chi connectivity index (χ2n) is 5.19. The molecule has 6 N–H and O–H groups in total. The van der Waals surface area contributed by atoms with Crippen molar-refractivity contribution in [2.45, 2.75) is 37.2 Å². The number of halogens is 1. The van der Waals surface area contributed by atoms with Gasteiger partial charge in [-0.1, -0.05) is 0 Å². The van der Waals surface area contributed by atoms with E-state index in [1.165, 1.54) is 0 Å². The first-order valence-electron chi connectivity index (χ1n) is 6.83. The standard InChI is InChI=1S/C12H16FN3O8/c13-4-1-16(12(23)15-10(4)21)2-6(18)14-7-9(20)8(19)5(3-17)24-11(7)22/h1,5,7-9,11,17,19-20,22H,2-3H2,(H,14,18)(H,15,21,23)/t5-,7-,8-,9-,11+/m1/s1. The zero-order valence-electron chi connectivity index (χ0n) is 12.1. The van der Waals surface area contributed by atoms with Crippen molar-refractivity contribution in [2.24, 2.45) is 0 Å². The van der Waals surface area contributed by atoms with Gasteiger partial charge in [0.2, 0.25) is 11.7 Å². The highest BCUT2D eigenvalue weighted by Gasteiger charge is 2.44. The molecule has 5 atom stereocenters. The Morgan fingerprint density at radius 3 is 2.62 bits per heavy atom. The lowest BCUT2D eigenvalue weighted by Crippen LogP contribution is -2.64. The van der Waals surface area contributed by atoms with Crippen LogP contribution in [-0.2, 0) is 16.1 Å². The Balaban J connectivity index is 2.08. The van der Waals surface area contributed by atoms with Gasteiger partial charge in [0.15, 0.2) is 6.29 Å². The van der Waals surface area contributed by atoms with Crippen LogP contribution in [-0.4, -0.2) is 73.1 Å². The van der Waals surface area contributed by atoms with Crippen LogP contribution in [0.1, 0.15) is 0 Å². The number of aliphatic hydroxyl groups excluding tert-OH is 4. The zero-order valence-corrected chi connectivity index (χ0v) is 12.1. The topological polar surface area (TPSA) is 174 Å². The summed E-state index contributed by atoms with van der Waals surface area (Å²) in [5.41, 5.74) is -2.26. The van der Waals surface area contributed by atoms with Gasteiger partial charge in [-0.15, -0.1) is 0 Å². The van der Waals surface area contributed by atoms with Gasteiger partial charge in [0.1, 0.15) is 30.9 Å². The van der Waals surface area contributed by atoms with Crippen LogP contribution in [0.4, 0.5) is 4.39 Å². The van der Waals surface area contributed by atoms with Crippen molar-refractivity contribution in [3.63, 3.8) is 0 Å². The molecule has 0 bridgehead atoms. The maximum Gasteiger partial charge on any atom is 0.328 e. The van der Waals surface area contributed by atoms with Crippen molar-refractivity contribution < 1.29 is 34.3 Å². The molecule has 0 aromatic carbocycles. The second-order valence-corrected chi connectivity index (χ2v) is 5.19. The number of hydrogen-bond acceptors (Lipinski definition) is 8. The third-order valence-corrected chi connectivity index (χ3v) is 3.51. The number of nitrogens with one attached hydrogen (secondary N) is 2. The van der Waals surface area contributed by atoms with E-state index in [-0.39, 0.29) is 0 Å². The fourth-order valence-electron chi connectivity index (χ4n) is 2.24. The summed E-state index contributed by atoms with van der Waals surface area (Å²) in [6.45, 7) is -1.38. The van der Waals surface area contributed by atoms with E-state index in [2.05, 4.69) is 5.32 Å². The van der Waals surface area contributed by atoms with Crippen LogP contribution in [0.15, 0.2) is 15.8 Å². The summed E-state index contributed by atoms with van der Waals surface area (Å²) in [4.78, 5) is 35.9. The number of hydrogen-bond donors (Lipinski definition) is 6. The normalized spacial score (nSPS) is 30.1. The summed E-state index contributed by atoms with van der Waals surface area (Å²) in [5.74, 6) is -2.20. The predicted octanol–water partition coefficient (Wildman–Crippen LogP) is -4.41. The smallest absolute Gasteiger partial charge is 0.328 e. The van der Waals surface area contributed by atoms with Gasteiger partial charge in [-0.25, -0.2) is 4.79 Å². The van der Waals surface area contributed by atoms with Crippen molar-refractivity contribution in [3.8, 4) is 0 Å². The van der Waals surface area contributed by atoms with E-state index in [0.717, 1.165) is 0 Å². The Hall–Kier alpha value is -2.12. The summed E-state index contributed by atoms with van der Waals surface area (Å²) in [6, 6.07) is -1.45. The molecule has 0 spiro atoms. The monoisotopic (exact) mass is 349 g/mol. The number of nitrogens with zero attached hydrogens (tertiary/aromatic N) is 1. The Morgan fingerprint density at radius 1 is 1.33 bits per heavy atom. The quantitative estimate of drug-likeness (QED) is 0.316. The first-order chi connectivity index (χ1) is 11.2. The average molecular weight is 349 g/mol. The molecular formula is C12H16FN3O8. The van der Waals surface area contributed by atoms with Gasteiger partial charge in [-0.05, 0) is 0 Å². The van der Waals surface area contributed by atoms with Crippen LogP contribution in [0.25, 0.3) is 0 Å². The van der Waals surface area contributed by atoms with E-state index in [9.17, 15) is 34.1 Å². The molecule has 1 saturated heterocycles. The number of aromatic nitrogens is 2. The minimum absolute atomic E-state index is 0.529. The Kier molecular flexibility index (Phi) is 5.46. The number of amides is 1. The van der Waals surface area contributed by atoms with E-state index in [0.29, 0.717) is 10.8 Å². The minimum atomic E-state index is -1.73. The van der Waals surface area contributed by atoms with Crippen LogP contribution < -0.4 is 16.6 Å². The lowest BCUT2D eigenvalue weighted by Gasteiger charge is -2.40. The molecule has 2 rings (SSSR count). The van der Waals surface area contributed by atoms with E-state index >= 15 is 0 Å². The summed E-state index contributed by atoms with van der Waals surface area (Å²) in [5, 5.41) is 40.3. The van der Waals surface area contributed by atoms with Gasteiger partial charge in [-0.2, -0.15) is 4.39 Å². The number of aliphatic hydroxyl groups is 4. The average Bonchev–Trinajstić information content (AvgIpc) is 2.52. The van der Waals surface area contributed by atoms with E-state index in [4.69, 9.17) is 9.84 Å². The zero-order chi connectivity index (χ0) is 18.0. The Labute approximate surface area is 132 Å². The third kappa shape index (κ3) is 3.68. The van der Waals surface area contributed by atoms with Gasteiger partial charge in [0, 0.05) is 0 Å². The second kappa shape index (κ2) is 7.19. The molecule has 1 fully saturated rings. The van der Waals surface area contributed by atoms with E-state index in [1.807, 2.05) is 0 Å². The number of carbonyl (C=O) groups is 1. The molecule has 12 heteroatoms. The predicted molar refractivity (Wildman–Crippen MR) is 73.2 cm³/mol. The van der Waals surface area contributed by atoms with Crippen LogP contribution >= 0.6 is 0 Å². The van der Waals surface area contributed by atoms with Gasteiger partial charge in [0.05, 0.1) is 12.8 Å². The number of ether oxygens (including phenoxy) is 1. The van der Waals surface area contributed by atoms with Gasteiger partial charge in [0.25, 0.3) is 5.56 Å². The van der Waals surface area contributed by atoms with Gasteiger partial charge < -0.3 is 30.5 Å². The number of H-pyrrole nitrogens is 1. The number of carbonyl (C=O) groups excluding carboxylic acids is 1. The molecule has 0 saturated carbocycles. The maximum atomic E-state index is 13.1. The molecule has 1 aliphatic rings. The van der Waals surface area contributed by atoms with Gasteiger partial charge >= 0.3 is 5.69 Å². The summed E-state index contributed by atoms with van der Waals surface area (Å²) in [6.07, 6.45) is -5.66. The lowest BCUT2D eigenvalue weighted by atomic mass is 9.97. The molecule has 1 amide bonds. The fraction of sp³-hybridized carbons (Fsp3) is 0.583. The molecule has 11 nitrogen and oxygen atoms in total. The number of rotatable bonds is 4. The first-order valence-corrected chi connectivity index (χ1v) is 6.83. The van der Waals surface area contributed by atoms with Crippen LogP contribution in [0, 0.1) is 5.82 Å². The summed E-state index contributed by atoms with van der Waals surface area (Å²) < 4.78 is 18.5. The van der Waals surface area contributed by atoms with E-state index in [1.54, 1.807) is 4.98 Å². The third-order valence-electron chi connectivity index (χ3n) is 3.51. The SMILES string of the molecule is O=C(Cn1cc(F)c(=O)[nH]c1=O)N[C@@H]1[C@@H](O)[C@H](O)[C@@H](CO)O[C@@H]1O. The van der Waals surface area contributed by atoms with Crippen molar-refractivity contribution >= 4 is 5.91 Å². The molecule has 0 aliphatic carbocycles. The highest BCUT2D eigenvalue weighted by atomic mass is 19.1. The highest BCUT2D eigenvalue weighted by molar-refractivity contribution is 5.76. The molecular weight excluding hydrogens is 333 g/mol. The largest absolute Gasteiger partial charge is 0.394 e. The van der Waals surface area contributed by atoms with Crippen LogP contribution in [0.2, 0.25) is 0 Å².